The summed E-state index contributed by atoms with van der Waals surface area (Å²) in [4.78, 5) is 33.7. The van der Waals surface area contributed by atoms with Crippen LogP contribution in [0.1, 0.15) is 12.0 Å². The maximum atomic E-state index is 13.3. The van der Waals surface area contributed by atoms with Crippen molar-refractivity contribution < 1.29 is 28.7 Å². The minimum absolute atomic E-state index is 0.0879. The third-order valence-corrected chi connectivity index (χ3v) is 3.50. The summed E-state index contributed by atoms with van der Waals surface area (Å²) in [5, 5.41) is 20.3. The summed E-state index contributed by atoms with van der Waals surface area (Å²) in [5.41, 5.74) is -2.46. The second-order valence-corrected chi connectivity index (χ2v) is 4.82. The quantitative estimate of drug-likeness (QED) is 0.510. The van der Waals surface area contributed by atoms with Gasteiger partial charge in [0.15, 0.2) is 11.2 Å². The fourth-order valence-electron chi connectivity index (χ4n) is 2.34. The summed E-state index contributed by atoms with van der Waals surface area (Å²) in [7, 11) is 0. The van der Waals surface area contributed by atoms with Crippen LogP contribution in [-0.2, 0) is 20.7 Å². The molecular weight excluding hydrogens is 285 g/mol. The van der Waals surface area contributed by atoms with Gasteiger partial charge in [-0.1, -0.05) is 0 Å². The molecule has 0 spiro atoms. The van der Waals surface area contributed by atoms with Crippen LogP contribution in [0, 0.1) is 21.3 Å². The van der Waals surface area contributed by atoms with Crippen LogP contribution >= 0.6 is 0 Å². The fourth-order valence-corrected chi connectivity index (χ4v) is 2.34. The summed E-state index contributed by atoms with van der Waals surface area (Å²) < 4.78 is 18.4. The number of Topliss-reactive ketones (excluding diaryl/α,β-unsaturated/α-hetero) is 1. The Balaban J connectivity index is 2.47. The molecule has 0 aliphatic carbocycles. The van der Waals surface area contributed by atoms with Crippen molar-refractivity contribution in [3.63, 3.8) is 0 Å². The Labute approximate surface area is 118 Å². The number of nitro benzene ring substituents is 1. The highest BCUT2D eigenvalue weighted by molar-refractivity contribution is 6.04. The van der Waals surface area contributed by atoms with Crippen molar-refractivity contribution in [1.82, 2.24) is 0 Å². The predicted octanol–water partition coefficient (Wildman–Crippen LogP) is 1.34. The minimum Gasteiger partial charge on any atom is -0.480 e. The first-order valence-electron chi connectivity index (χ1n) is 6.14. The fraction of sp³-hybridized carbons (Fsp3) is 0.385. The molecule has 1 saturated heterocycles. The molecule has 8 heteroatoms. The number of halogens is 1. The number of carboxylic acid groups (broad SMARTS) is 1. The van der Waals surface area contributed by atoms with Gasteiger partial charge in [-0.2, -0.15) is 0 Å². The van der Waals surface area contributed by atoms with Gasteiger partial charge in [0.05, 0.1) is 18.1 Å². The lowest BCUT2D eigenvalue weighted by Gasteiger charge is -2.31. The SMILES string of the molecule is O=C(O)C1(Cc2cc(F)ccc2[N+](=O)[O-])COCCC1=O. The topological polar surface area (TPSA) is 107 Å². The average molecular weight is 297 g/mol. The minimum atomic E-state index is -1.91. The molecule has 1 aliphatic rings. The van der Waals surface area contributed by atoms with Crippen LogP contribution in [0.5, 0.6) is 0 Å². The molecule has 21 heavy (non-hydrogen) atoms. The van der Waals surface area contributed by atoms with Crippen LogP contribution in [0.25, 0.3) is 0 Å². The lowest BCUT2D eigenvalue weighted by Crippen LogP contribution is -2.48. The van der Waals surface area contributed by atoms with Crippen molar-refractivity contribution in [2.24, 2.45) is 5.41 Å². The standard InChI is InChI=1S/C13H12FNO6/c14-9-1-2-10(15(19)20)8(5-9)6-13(12(17)18)7-21-4-3-11(13)16/h1-2,5H,3-4,6-7H2,(H,17,18). The van der Waals surface area contributed by atoms with Gasteiger partial charge < -0.3 is 9.84 Å². The zero-order chi connectivity index (χ0) is 15.6. The third kappa shape index (κ3) is 2.75. The van der Waals surface area contributed by atoms with Gasteiger partial charge in [-0.3, -0.25) is 19.7 Å². The van der Waals surface area contributed by atoms with Gasteiger partial charge >= 0.3 is 5.97 Å². The Morgan fingerprint density at radius 1 is 1.52 bits per heavy atom. The number of hydrogen-bond donors (Lipinski definition) is 1. The van der Waals surface area contributed by atoms with E-state index in [1.807, 2.05) is 0 Å². The molecule has 0 amide bonds. The first kappa shape index (κ1) is 15.0. The van der Waals surface area contributed by atoms with Crippen molar-refractivity contribution in [3.8, 4) is 0 Å². The highest BCUT2D eigenvalue weighted by Crippen LogP contribution is 2.33. The van der Waals surface area contributed by atoms with Crippen molar-refractivity contribution in [2.75, 3.05) is 13.2 Å². The number of carboxylic acids is 1. The summed E-state index contributed by atoms with van der Waals surface area (Å²) in [5.74, 6) is -2.73. The molecule has 1 unspecified atom stereocenters. The van der Waals surface area contributed by atoms with Gasteiger partial charge in [-0.05, 0) is 12.1 Å². The highest BCUT2D eigenvalue weighted by atomic mass is 19.1. The van der Waals surface area contributed by atoms with Gasteiger partial charge in [0.2, 0.25) is 0 Å². The zero-order valence-corrected chi connectivity index (χ0v) is 10.9. The predicted molar refractivity (Wildman–Crippen MR) is 67.3 cm³/mol. The number of aliphatic carboxylic acids is 1. The molecule has 0 aromatic heterocycles. The molecule has 0 radical (unpaired) electrons. The Morgan fingerprint density at radius 3 is 2.81 bits per heavy atom. The molecule has 2 rings (SSSR count). The number of nitrogens with zero attached hydrogens (tertiary/aromatic N) is 1. The Kier molecular flexibility index (Phi) is 3.99. The number of ether oxygens (including phenoxy) is 1. The van der Waals surface area contributed by atoms with Crippen LogP contribution in [0.3, 0.4) is 0 Å². The molecule has 1 N–H and O–H groups in total. The van der Waals surface area contributed by atoms with E-state index in [9.17, 15) is 29.2 Å². The molecule has 0 saturated carbocycles. The molecule has 7 nitrogen and oxygen atoms in total. The Hall–Kier alpha value is -2.35. The number of rotatable bonds is 4. The molecule has 1 atom stereocenters. The molecule has 1 aromatic rings. The van der Waals surface area contributed by atoms with E-state index in [0.717, 1.165) is 18.2 Å². The van der Waals surface area contributed by atoms with E-state index >= 15 is 0 Å². The number of carbonyl (C=O) groups excluding carboxylic acids is 1. The molecular formula is C13H12FNO6. The number of nitro groups is 1. The van der Waals surface area contributed by atoms with Gasteiger partial charge in [0.1, 0.15) is 5.82 Å². The van der Waals surface area contributed by atoms with Crippen molar-refractivity contribution in [3.05, 3.63) is 39.7 Å². The third-order valence-electron chi connectivity index (χ3n) is 3.50. The van der Waals surface area contributed by atoms with Crippen molar-refractivity contribution in [2.45, 2.75) is 12.8 Å². The van der Waals surface area contributed by atoms with Gasteiger partial charge in [0, 0.05) is 24.5 Å². The lowest BCUT2D eigenvalue weighted by molar-refractivity contribution is -0.385. The second kappa shape index (κ2) is 5.57. The first-order valence-corrected chi connectivity index (χ1v) is 6.14. The number of ketones is 1. The van der Waals surface area contributed by atoms with Gasteiger partial charge in [0.25, 0.3) is 5.69 Å². The highest BCUT2D eigenvalue weighted by Gasteiger charge is 2.49. The molecule has 1 aromatic carbocycles. The largest absolute Gasteiger partial charge is 0.480 e. The van der Waals surface area contributed by atoms with Crippen LogP contribution < -0.4 is 0 Å². The number of benzene rings is 1. The van der Waals surface area contributed by atoms with Gasteiger partial charge in [-0.15, -0.1) is 0 Å². The smallest absolute Gasteiger partial charge is 0.319 e. The Bertz CT molecular complexity index is 617. The van der Waals surface area contributed by atoms with E-state index in [2.05, 4.69) is 0 Å². The molecule has 1 heterocycles. The second-order valence-electron chi connectivity index (χ2n) is 4.82. The maximum Gasteiger partial charge on any atom is 0.319 e. The summed E-state index contributed by atoms with van der Waals surface area (Å²) in [6, 6.07) is 2.74. The molecule has 0 bridgehead atoms. The zero-order valence-electron chi connectivity index (χ0n) is 10.9. The maximum absolute atomic E-state index is 13.3. The van der Waals surface area contributed by atoms with Crippen LogP contribution in [0.15, 0.2) is 18.2 Å². The van der Waals surface area contributed by atoms with E-state index in [1.165, 1.54) is 0 Å². The summed E-state index contributed by atoms with van der Waals surface area (Å²) >= 11 is 0. The van der Waals surface area contributed by atoms with Crippen molar-refractivity contribution >= 4 is 17.4 Å². The van der Waals surface area contributed by atoms with Gasteiger partial charge in [-0.25, -0.2) is 4.39 Å². The molecule has 1 fully saturated rings. The average Bonchev–Trinajstić information content (AvgIpc) is 2.41. The monoisotopic (exact) mass is 297 g/mol. The lowest BCUT2D eigenvalue weighted by atomic mass is 9.76. The molecule has 1 aliphatic heterocycles. The van der Waals surface area contributed by atoms with Crippen LogP contribution in [-0.4, -0.2) is 35.0 Å². The van der Waals surface area contributed by atoms with E-state index in [1.54, 1.807) is 0 Å². The number of carbonyl (C=O) groups is 2. The normalized spacial score (nSPS) is 22.0. The number of hydrogen-bond acceptors (Lipinski definition) is 5. The van der Waals surface area contributed by atoms with Crippen LogP contribution in [0.2, 0.25) is 0 Å². The summed E-state index contributed by atoms with van der Waals surface area (Å²) in [6.45, 7) is -0.270. The van der Waals surface area contributed by atoms with E-state index < -0.39 is 40.0 Å². The first-order chi connectivity index (χ1) is 9.86. The summed E-state index contributed by atoms with van der Waals surface area (Å²) in [6.07, 6.45) is -0.565. The van der Waals surface area contributed by atoms with E-state index in [-0.39, 0.29) is 25.2 Å². The van der Waals surface area contributed by atoms with E-state index in [4.69, 9.17) is 4.74 Å². The van der Waals surface area contributed by atoms with Crippen molar-refractivity contribution in [1.29, 1.82) is 0 Å². The van der Waals surface area contributed by atoms with Crippen LogP contribution in [0.4, 0.5) is 10.1 Å². The molecule has 112 valence electrons. The Morgan fingerprint density at radius 2 is 2.24 bits per heavy atom. The van der Waals surface area contributed by atoms with E-state index in [0.29, 0.717) is 0 Å².